The molecule has 22 heavy (non-hydrogen) atoms. The molecule has 1 N–H and O–H groups in total. The van der Waals surface area contributed by atoms with Gasteiger partial charge < -0.3 is 10.1 Å². The van der Waals surface area contributed by atoms with E-state index < -0.39 is 0 Å². The molecule has 0 heterocycles. The minimum Gasteiger partial charge on any atom is -0.462 e. The molecule has 0 fully saturated rings. The number of amides is 1. The van der Waals surface area contributed by atoms with Crippen LogP contribution in [0.4, 0.5) is 5.69 Å². The molecular formula is C17H16ClNO3. The summed E-state index contributed by atoms with van der Waals surface area (Å²) in [5.74, 6) is -0.674. The van der Waals surface area contributed by atoms with E-state index in [1.54, 1.807) is 49.4 Å². The van der Waals surface area contributed by atoms with E-state index in [0.717, 1.165) is 5.56 Å². The maximum Gasteiger partial charge on any atom is 0.338 e. The first-order valence-corrected chi connectivity index (χ1v) is 7.24. The summed E-state index contributed by atoms with van der Waals surface area (Å²) in [6, 6.07) is 11.8. The van der Waals surface area contributed by atoms with Crippen molar-refractivity contribution in [3.05, 3.63) is 64.2 Å². The molecule has 114 valence electrons. The molecule has 5 heteroatoms. The van der Waals surface area contributed by atoms with Crippen LogP contribution in [-0.4, -0.2) is 18.5 Å². The molecule has 2 aromatic rings. The van der Waals surface area contributed by atoms with Crippen LogP contribution < -0.4 is 5.32 Å². The Morgan fingerprint density at radius 3 is 2.55 bits per heavy atom. The Kier molecular flexibility index (Phi) is 5.17. The van der Waals surface area contributed by atoms with Gasteiger partial charge in [0.15, 0.2) is 0 Å². The Labute approximate surface area is 134 Å². The van der Waals surface area contributed by atoms with Crippen molar-refractivity contribution >= 4 is 29.2 Å². The lowest BCUT2D eigenvalue weighted by Gasteiger charge is -2.10. The molecule has 0 saturated carbocycles. The number of esters is 1. The highest BCUT2D eigenvalue weighted by molar-refractivity contribution is 6.34. The summed E-state index contributed by atoms with van der Waals surface area (Å²) >= 11 is 6.00. The Morgan fingerprint density at radius 2 is 1.91 bits per heavy atom. The van der Waals surface area contributed by atoms with Crippen molar-refractivity contribution in [1.82, 2.24) is 0 Å². The van der Waals surface area contributed by atoms with Crippen molar-refractivity contribution in [2.24, 2.45) is 0 Å². The number of nitrogens with one attached hydrogen (secondary N) is 1. The third kappa shape index (κ3) is 3.65. The van der Waals surface area contributed by atoms with Crippen LogP contribution in [0.5, 0.6) is 0 Å². The molecule has 0 aliphatic rings. The summed E-state index contributed by atoms with van der Waals surface area (Å²) < 4.78 is 4.95. The lowest BCUT2D eigenvalue weighted by molar-refractivity contribution is 0.0526. The first-order valence-electron chi connectivity index (χ1n) is 6.86. The summed E-state index contributed by atoms with van der Waals surface area (Å²) in [4.78, 5) is 23.9. The summed E-state index contributed by atoms with van der Waals surface area (Å²) in [5.41, 5.74) is 2.25. The first kappa shape index (κ1) is 16.0. The molecule has 0 radical (unpaired) electrons. The van der Waals surface area contributed by atoms with E-state index in [4.69, 9.17) is 16.3 Å². The average molecular weight is 318 g/mol. The van der Waals surface area contributed by atoms with Crippen LogP contribution in [0.25, 0.3) is 0 Å². The van der Waals surface area contributed by atoms with E-state index >= 15 is 0 Å². The van der Waals surface area contributed by atoms with Gasteiger partial charge in [-0.2, -0.15) is 0 Å². The van der Waals surface area contributed by atoms with E-state index in [9.17, 15) is 9.59 Å². The molecule has 0 saturated heterocycles. The van der Waals surface area contributed by atoms with Gasteiger partial charge in [-0.1, -0.05) is 23.7 Å². The Hall–Kier alpha value is -2.33. The molecule has 0 spiro atoms. The molecule has 0 aliphatic carbocycles. The second-order valence-corrected chi connectivity index (χ2v) is 5.09. The number of aryl methyl sites for hydroxylation is 1. The SMILES string of the molecule is CCOC(=O)c1ccc(NC(=O)c2ccccc2Cl)c(C)c1. The molecule has 0 atom stereocenters. The number of rotatable bonds is 4. The predicted molar refractivity (Wildman–Crippen MR) is 86.5 cm³/mol. The van der Waals surface area contributed by atoms with Crippen LogP contribution in [0.3, 0.4) is 0 Å². The monoisotopic (exact) mass is 317 g/mol. The second-order valence-electron chi connectivity index (χ2n) is 4.68. The Bertz CT molecular complexity index is 713. The minimum absolute atomic E-state index is 0.294. The van der Waals surface area contributed by atoms with Crippen molar-refractivity contribution in [2.75, 3.05) is 11.9 Å². The van der Waals surface area contributed by atoms with Gasteiger partial charge in [0.25, 0.3) is 5.91 Å². The van der Waals surface area contributed by atoms with Crippen LogP contribution in [0.2, 0.25) is 5.02 Å². The van der Waals surface area contributed by atoms with E-state index in [0.29, 0.717) is 28.4 Å². The van der Waals surface area contributed by atoms with Gasteiger partial charge in [0.2, 0.25) is 0 Å². The van der Waals surface area contributed by atoms with E-state index in [1.807, 2.05) is 6.92 Å². The molecule has 1 amide bonds. The van der Waals surface area contributed by atoms with Gasteiger partial charge in [-0.25, -0.2) is 4.79 Å². The number of ether oxygens (including phenoxy) is 1. The normalized spacial score (nSPS) is 10.1. The van der Waals surface area contributed by atoms with Gasteiger partial charge in [-0.15, -0.1) is 0 Å². The number of carbonyl (C=O) groups is 2. The summed E-state index contributed by atoms with van der Waals surface area (Å²) in [6.45, 7) is 3.89. The zero-order valence-electron chi connectivity index (χ0n) is 12.4. The molecule has 0 aromatic heterocycles. The van der Waals surface area contributed by atoms with Crippen molar-refractivity contribution in [3.8, 4) is 0 Å². The smallest absolute Gasteiger partial charge is 0.338 e. The second kappa shape index (κ2) is 7.09. The fourth-order valence-corrected chi connectivity index (χ4v) is 2.20. The third-order valence-electron chi connectivity index (χ3n) is 3.10. The van der Waals surface area contributed by atoms with Crippen LogP contribution in [0.1, 0.15) is 33.2 Å². The topological polar surface area (TPSA) is 55.4 Å². The summed E-state index contributed by atoms with van der Waals surface area (Å²) in [7, 11) is 0. The highest BCUT2D eigenvalue weighted by atomic mass is 35.5. The number of hydrogen-bond donors (Lipinski definition) is 1. The number of benzene rings is 2. The van der Waals surface area contributed by atoms with Gasteiger partial charge in [0, 0.05) is 5.69 Å². The van der Waals surface area contributed by atoms with Crippen LogP contribution in [0, 0.1) is 6.92 Å². The standard InChI is InChI=1S/C17H16ClNO3/c1-3-22-17(21)12-8-9-15(11(2)10-12)19-16(20)13-6-4-5-7-14(13)18/h4-10H,3H2,1-2H3,(H,19,20). The zero-order valence-corrected chi connectivity index (χ0v) is 13.1. The lowest BCUT2D eigenvalue weighted by atomic mass is 10.1. The maximum absolute atomic E-state index is 12.2. The number of hydrogen-bond acceptors (Lipinski definition) is 3. The third-order valence-corrected chi connectivity index (χ3v) is 3.43. The van der Waals surface area contributed by atoms with Crippen molar-refractivity contribution in [1.29, 1.82) is 0 Å². The fraction of sp³-hybridized carbons (Fsp3) is 0.176. The van der Waals surface area contributed by atoms with E-state index in [1.165, 1.54) is 0 Å². The molecule has 0 bridgehead atoms. The van der Waals surface area contributed by atoms with E-state index in [-0.39, 0.29) is 11.9 Å². The zero-order chi connectivity index (χ0) is 16.1. The molecular weight excluding hydrogens is 302 g/mol. The van der Waals surface area contributed by atoms with Gasteiger partial charge in [-0.05, 0) is 49.7 Å². The number of anilines is 1. The summed E-state index contributed by atoms with van der Waals surface area (Å²) in [6.07, 6.45) is 0. The van der Waals surface area contributed by atoms with Gasteiger partial charge >= 0.3 is 5.97 Å². The predicted octanol–water partition coefficient (Wildman–Crippen LogP) is 4.08. The molecule has 2 rings (SSSR count). The highest BCUT2D eigenvalue weighted by Crippen LogP contribution is 2.20. The number of carbonyl (C=O) groups excluding carboxylic acids is 2. The Morgan fingerprint density at radius 1 is 1.18 bits per heavy atom. The number of halogens is 1. The lowest BCUT2D eigenvalue weighted by Crippen LogP contribution is -2.14. The fourth-order valence-electron chi connectivity index (χ4n) is 1.98. The van der Waals surface area contributed by atoms with Crippen LogP contribution >= 0.6 is 11.6 Å². The maximum atomic E-state index is 12.2. The minimum atomic E-state index is -0.380. The largest absolute Gasteiger partial charge is 0.462 e. The highest BCUT2D eigenvalue weighted by Gasteiger charge is 2.13. The quantitative estimate of drug-likeness (QED) is 0.864. The molecule has 0 aliphatic heterocycles. The van der Waals surface area contributed by atoms with Crippen molar-refractivity contribution < 1.29 is 14.3 Å². The first-order chi connectivity index (χ1) is 10.5. The van der Waals surface area contributed by atoms with E-state index in [2.05, 4.69) is 5.32 Å². The van der Waals surface area contributed by atoms with Gasteiger partial charge in [0.05, 0.1) is 22.8 Å². The van der Waals surface area contributed by atoms with Gasteiger partial charge in [-0.3, -0.25) is 4.79 Å². The van der Waals surface area contributed by atoms with Crippen molar-refractivity contribution in [3.63, 3.8) is 0 Å². The van der Waals surface area contributed by atoms with Crippen LogP contribution in [-0.2, 0) is 4.74 Å². The Balaban J connectivity index is 2.19. The molecule has 4 nitrogen and oxygen atoms in total. The van der Waals surface area contributed by atoms with Crippen molar-refractivity contribution in [2.45, 2.75) is 13.8 Å². The average Bonchev–Trinajstić information content (AvgIpc) is 2.49. The van der Waals surface area contributed by atoms with Gasteiger partial charge in [0.1, 0.15) is 0 Å². The molecule has 0 unspecified atom stereocenters. The summed E-state index contributed by atoms with van der Waals surface area (Å²) in [5, 5.41) is 3.18. The molecule has 2 aromatic carbocycles. The van der Waals surface area contributed by atoms with Crippen LogP contribution in [0.15, 0.2) is 42.5 Å².